The molecule has 0 heterocycles. The van der Waals surface area contributed by atoms with Crippen molar-refractivity contribution < 1.29 is 9.18 Å². The summed E-state index contributed by atoms with van der Waals surface area (Å²) in [6.07, 6.45) is 4.97. The first-order valence-corrected chi connectivity index (χ1v) is 4.61. The summed E-state index contributed by atoms with van der Waals surface area (Å²) >= 11 is 3.01. The lowest BCUT2D eigenvalue weighted by molar-refractivity contribution is -0.115. The largest absolute Gasteiger partial charge is 0.325 e. The number of anilines is 1. The number of carbonyl (C=O) groups excluding carboxylic acids is 1. The molecule has 1 aromatic rings. The van der Waals surface area contributed by atoms with E-state index in [9.17, 15) is 9.18 Å². The number of rotatable bonds is 2. The van der Waals surface area contributed by atoms with E-state index in [1.807, 2.05) is 0 Å². The Morgan fingerprint density at radius 2 is 2.36 bits per heavy atom. The Morgan fingerprint density at radius 1 is 1.64 bits per heavy atom. The molecule has 4 heteroatoms. The molecule has 14 heavy (non-hydrogen) atoms. The number of halogens is 2. The zero-order valence-corrected chi connectivity index (χ0v) is 8.77. The van der Waals surface area contributed by atoms with Crippen molar-refractivity contribution >= 4 is 27.5 Å². The van der Waals surface area contributed by atoms with Gasteiger partial charge in [0, 0.05) is 5.69 Å². The molecule has 72 valence electrons. The Bertz CT molecular complexity index is 398. The first kappa shape index (κ1) is 10.7. The third-order valence-electron chi connectivity index (χ3n) is 1.47. The van der Waals surface area contributed by atoms with Gasteiger partial charge in [-0.3, -0.25) is 4.79 Å². The van der Waals surface area contributed by atoms with Crippen LogP contribution < -0.4 is 5.32 Å². The molecule has 0 radical (unpaired) electrons. The van der Waals surface area contributed by atoms with Gasteiger partial charge in [0.05, 0.1) is 10.9 Å². The number of hydrogen-bond donors (Lipinski definition) is 1. The fraction of sp³-hybridized carbons (Fsp3) is 0.100. The van der Waals surface area contributed by atoms with Crippen LogP contribution in [-0.4, -0.2) is 5.91 Å². The summed E-state index contributed by atoms with van der Waals surface area (Å²) in [5.41, 5.74) is 0.513. The predicted molar refractivity (Wildman–Crippen MR) is 56.2 cm³/mol. The van der Waals surface area contributed by atoms with Gasteiger partial charge in [-0.25, -0.2) is 4.39 Å². The topological polar surface area (TPSA) is 29.1 Å². The Morgan fingerprint density at radius 3 is 2.93 bits per heavy atom. The fourth-order valence-corrected chi connectivity index (χ4v) is 1.25. The molecule has 1 rings (SSSR count). The van der Waals surface area contributed by atoms with Crippen LogP contribution in [0.1, 0.15) is 6.42 Å². The van der Waals surface area contributed by atoms with Crippen molar-refractivity contribution in [1.29, 1.82) is 0 Å². The minimum absolute atomic E-state index is 0.00892. The van der Waals surface area contributed by atoms with Gasteiger partial charge in [-0.1, -0.05) is 5.92 Å². The Kier molecular flexibility index (Phi) is 3.66. The van der Waals surface area contributed by atoms with Crippen LogP contribution in [0.25, 0.3) is 0 Å². The normalized spacial score (nSPS) is 9.21. The van der Waals surface area contributed by atoms with E-state index in [0.29, 0.717) is 10.2 Å². The average Bonchev–Trinajstić information content (AvgIpc) is 2.12. The lowest BCUT2D eigenvalue weighted by atomic mass is 10.3. The van der Waals surface area contributed by atoms with Crippen LogP contribution in [0.15, 0.2) is 22.7 Å². The van der Waals surface area contributed by atoms with E-state index in [2.05, 4.69) is 27.2 Å². The molecule has 0 aliphatic rings. The van der Waals surface area contributed by atoms with Gasteiger partial charge in [-0.2, -0.15) is 0 Å². The molecular weight excluding hydrogens is 249 g/mol. The van der Waals surface area contributed by atoms with Gasteiger partial charge in [-0.05, 0) is 34.1 Å². The highest BCUT2D eigenvalue weighted by molar-refractivity contribution is 9.10. The van der Waals surface area contributed by atoms with Crippen molar-refractivity contribution in [3.63, 3.8) is 0 Å². The summed E-state index contributed by atoms with van der Waals surface area (Å²) < 4.78 is 13.1. The van der Waals surface area contributed by atoms with Gasteiger partial charge in [0.2, 0.25) is 5.91 Å². The molecule has 1 amide bonds. The van der Waals surface area contributed by atoms with E-state index < -0.39 is 0 Å². The molecule has 0 aliphatic heterocycles. The molecule has 0 atom stereocenters. The van der Waals surface area contributed by atoms with Crippen molar-refractivity contribution in [2.45, 2.75) is 6.42 Å². The van der Waals surface area contributed by atoms with E-state index in [-0.39, 0.29) is 18.1 Å². The van der Waals surface area contributed by atoms with E-state index in [1.54, 1.807) is 0 Å². The smallest absolute Gasteiger partial charge is 0.236 e. The molecule has 0 bridgehead atoms. The van der Waals surface area contributed by atoms with Crippen molar-refractivity contribution in [1.82, 2.24) is 0 Å². The first-order chi connectivity index (χ1) is 6.63. The quantitative estimate of drug-likeness (QED) is 0.809. The molecule has 0 saturated carbocycles. The summed E-state index contributed by atoms with van der Waals surface area (Å²) in [7, 11) is 0. The van der Waals surface area contributed by atoms with Gasteiger partial charge >= 0.3 is 0 Å². The van der Waals surface area contributed by atoms with E-state index in [0.717, 1.165) is 0 Å². The van der Waals surface area contributed by atoms with Crippen LogP contribution in [0, 0.1) is 18.2 Å². The predicted octanol–water partition coefficient (Wildman–Crippen LogP) is 2.55. The van der Waals surface area contributed by atoms with E-state index in [1.165, 1.54) is 18.2 Å². The van der Waals surface area contributed by atoms with Gasteiger partial charge in [0.15, 0.2) is 0 Å². The SMILES string of the molecule is C#CCC(=O)Nc1ccc(F)c(Br)c1. The van der Waals surface area contributed by atoms with Gasteiger partial charge in [0.1, 0.15) is 5.82 Å². The van der Waals surface area contributed by atoms with Crippen LogP contribution >= 0.6 is 15.9 Å². The minimum atomic E-state index is -0.375. The second-order valence-electron chi connectivity index (χ2n) is 2.56. The number of carbonyl (C=O) groups is 1. The summed E-state index contributed by atoms with van der Waals surface area (Å²) in [6, 6.07) is 4.20. The standard InChI is InChI=1S/C10H7BrFNO/c1-2-3-10(14)13-7-4-5-9(12)8(11)6-7/h1,4-6H,3H2,(H,13,14). The number of terminal acetylenes is 1. The Balaban J connectivity index is 2.74. The summed E-state index contributed by atoms with van der Waals surface area (Å²) in [6.45, 7) is 0. The second kappa shape index (κ2) is 4.77. The fourth-order valence-electron chi connectivity index (χ4n) is 0.872. The van der Waals surface area contributed by atoms with Crippen LogP contribution in [0.2, 0.25) is 0 Å². The maximum Gasteiger partial charge on any atom is 0.236 e. The number of hydrogen-bond acceptors (Lipinski definition) is 1. The van der Waals surface area contributed by atoms with Crippen molar-refractivity contribution in [3.8, 4) is 12.3 Å². The summed E-state index contributed by atoms with van der Waals surface area (Å²) in [5, 5.41) is 2.53. The highest BCUT2D eigenvalue weighted by atomic mass is 79.9. The van der Waals surface area contributed by atoms with Crippen molar-refractivity contribution in [3.05, 3.63) is 28.5 Å². The molecule has 1 N–H and O–H groups in total. The van der Waals surface area contributed by atoms with E-state index >= 15 is 0 Å². The third-order valence-corrected chi connectivity index (χ3v) is 2.07. The van der Waals surface area contributed by atoms with Crippen LogP contribution in [0.3, 0.4) is 0 Å². The molecule has 1 aromatic carbocycles. The lowest BCUT2D eigenvalue weighted by Crippen LogP contribution is -2.09. The molecule has 2 nitrogen and oxygen atoms in total. The highest BCUT2D eigenvalue weighted by Gasteiger charge is 2.03. The second-order valence-corrected chi connectivity index (χ2v) is 3.41. The molecular formula is C10H7BrFNO. The lowest BCUT2D eigenvalue weighted by Gasteiger charge is -2.03. The highest BCUT2D eigenvalue weighted by Crippen LogP contribution is 2.19. The molecule has 0 aliphatic carbocycles. The molecule has 0 fully saturated rings. The van der Waals surface area contributed by atoms with Crippen molar-refractivity contribution in [2.75, 3.05) is 5.32 Å². The number of benzene rings is 1. The third kappa shape index (κ3) is 2.86. The molecule has 0 saturated heterocycles. The summed E-state index contributed by atoms with van der Waals surface area (Å²) in [4.78, 5) is 11.0. The molecule has 0 aromatic heterocycles. The first-order valence-electron chi connectivity index (χ1n) is 3.82. The average molecular weight is 256 g/mol. The van der Waals surface area contributed by atoms with E-state index in [4.69, 9.17) is 6.42 Å². The number of nitrogens with one attached hydrogen (secondary N) is 1. The summed E-state index contributed by atoms with van der Waals surface area (Å²) in [5.74, 6) is 1.55. The zero-order valence-electron chi connectivity index (χ0n) is 7.18. The Hall–Kier alpha value is -1.34. The number of amides is 1. The minimum Gasteiger partial charge on any atom is -0.325 e. The molecule has 0 unspecified atom stereocenters. The zero-order chi connectivity index (χ0) is 10.6. The van der Waals surface area contributed by atoms with Gasteiger partial charge < -0.3 is 5.32 Å². The monoisotopic (exact) mass is 255 g/mol. The maximum atomic E-state index is 12.8. The van der Waals surface area contributed by atoms with Gasteiger partial charge in [0.25, 0.3) is 0 Å². The van der Waals surface area contributed by atoms with Gasteiger partial charge in [-0.15, -0.1) is 6.42 Å². The van der Waals surface area contributed by atoms with Crippen molar-refractivity contribution in [2.24, 2.45) is 0 Å². The van der Waals surface area contributed by atoms with Crippen LogP contribution in [0.4, 0.5) is 10.1 Å². The Labute approximate surface area is 89.6 Å². The molecule has 0 spiro atoms. The maximum absolute atomic E-state index is 12.8. The van der Waals surface area contributed by atoms with Crippen LogP contribution in [-0.2, 0) is 4.79 Å². The van der Waals surface area contributed by atoms with Crippen LogP contribution in [0.5, 0.6) is 0 Å².